The summed E-state index contributed by atoms with van der Waals surface area (Å²) in [5.74, 6) is -0.249. The minimum atomic E-state index is -0.334. The maximum Gasteiger partial charge on any atom is 0.237 e. The number of thioether (sulfide) groups is 1. The van der Waals surface area contributed by atoms with Crippen molar-refractivity contribution in [2.24, 2.45) is 5.73 Å². The van der Waals surface area contributed by atoms with Gasteiger partial charge in [0.25, 0.3) is 0 Å². The number of fused-ring (bicyclic) bond motifs is 1. The van der Waals surface area contributed by atoms with E-state index in [2.05, 4.69) is 0 Å². The lowest BCUT2D eigenvalue weighted by Crippen LogP contribution is -2.46. The third-order valence-electron chi connectivity index (χ3n) is 4.65. The number of carbonyl (C=O) groups excluding carboxylic acids is 2. The third kappa shape index (κ3) is 3.56. The number of nitrogens with zero attached hydrogens (tertiary/aromatic N) is 1. The van der Waals surface area contributed by atoms with Crippen molar-refractivity contribution in [3.05, 3.63) is 59.7 Å². The minimum Gasteiger partial charge on any atom is -0.369 e. The summed E-state index contributed by atoms with van der Waals surface area (Å²) in [6.45, 7) is 4.02. The van der Waals surface area contributed by atoms with Crippen molar-refractivity contribution in [2.45, 2.75) is 37.1 Å². The van der Waals surface area contributed by atoms with E-state index in [1.54, 1.807) is 11.8 Å². The van der Waals surface area contributed by atoms with Gasteiger partial charge in [0.2, 0.25) is 11.8 Å². The molecule has 2 atom stereocenters. The second kappa shape index (κ2) is 7.31. The van der Waals surface area contributed by atoms with Gasteiger partial charge in [-0.05, 0) is 43.5 Å². The molecule has 0 unspecified atom stereocenters. The highest BCUT2D eigenvalue weighted by atomic mass is 32.2. The first kappa shape index (κ1) is 17.5. The van der Waals surface area contributed by atoms with Crippen LogP contribution in [0.25, 0.3) is 0 Å². The van der Waals surface area contributed by atoms with E-state index in [1.165, 1.54) is 5.56 Å². The highest BCUT2D eigenvalue weighted by Gasteiger charge is 2.35. The smallest absolute Gasteiger partial charge is 0.237 e. The zero-order chi connectivity index (χ0) is 18.0. The summed E-state index contributed by atoms with van der Waals surface area (Å²) in [5, 5.41) is 0. The molecule has 0 saturated heterocycles. The number of hydrogen-bond acceptors (Lipinski definition) is 3. The molecule has 2 N–H and O–H groups in total. The van der Waals surface area contributed by atoms with Crippen molar-refractivity contribution in [1.82, 2.24) is 0 Å². The molecule has 0 fully saturated rings. The molecule has 0 aromatic heterocycles. The van der Waals surface area contributed by atoms with Crippen LogP contribution >= 0.6 is 11.8 Å². The monoisotopic (exact) mass is 354 g/mol. The predicted octanol–water partition coefficient (Wildman–Crippen LogP) is 3.48. The molecule has 0 saturated carbocycles. The van der Waals surface area contributed by atoms with Gasteiger partial charge >= 0.3 is 0 Å². The van der Waals surface area contributed by atoms with E-state index < -0.39 is 0 Å². The lowest BCUT2D eigenvalue weighted by molar-refractivity contribution is -0.121. The number of hydrogen-bond donors (Lipinski definition) is 1. The Kier molecular flexibility index (Phi) is 5.13. The Morgan fingerprint density at radius 3 is 2.56 bits per heavy atom. The number of amides is 2. The topological polar surface area (TPSA) is 63.4 Å². The van der Waals surface area contributed by atoms with E-state index in [4.69, 9.17) is 5.73 Å². The molecule has 25 heavy (non-hydrogen) atoms. The van der Waals surface area contributed by atoms with Crippen molar-refractivity contribution in [2.75, 3.05) is 10.7 Å². The van der Waals surface area contributed by atoms with Gasteiger partial charge in [-0.1, -0.05) is 36.4 Å². The molecule has 3 rings (SSSR count). The summed E-state index contributed by atoms with van der Waals surface area (Å²) in [7, 11) is 0. The fraction of sp³-hybridized carbons (Fsp3) is 0.300. The molecule has 4 nitrogen and oxygen atoms in total. The van der Waals surface area contributed by atoms with Gasteiger partial charge in [-0.3, -0.25) is 9.59 Å². The Bertz CT molecular complexity index is 806. The zero-order valence-corrected chi connectivity index (χ0v) is 15.3. The number of anilines is 1. The molecule has 1 aliphatic rings. The standard InChI is InChI=1S/C20H22N2O2S/c1-13-7-3-6-10-18(13)25-12-19(23)22-14(2)11-16(20(21)24)15-8-4-5-9-17(15)22/h3-10,14,16H,11-12H2,1-2H3,(H2,21,24)/t14-,16+/m1/s1. The fourth-order valence-electron chi connectivity index (χ4n) is 3.39. The molecule has 1 heterocycles. The second-order valence-corrected chi connectivity index (χ2v) is 7.43. The van der Waals surface area contributed by atoms with Gasteiger partial charge in [0.15, 0.2) is 0 Å². The van der Waals surface area contributed by atoms with E-state index in [-0.39, 0.29) is 23.8 Å². The number of carbonyl (C=O) groups is 2. The zero-order valence-electron chi connectivity index (χ0n) is 14.4. The van der Waals surface area contributed by atoms with Crippen LogP contribution in [-0.2, 0) is 9.59 Å². The summed E-state index contributed by atoms with van der Waals surface area (Å²) >= 11 is 1.55. The lowest BCUT2D eigenvalue weighted by Gasteiger charge is -2.38. The summed E-state index contributed by atoms with van der Waals surface area (Å²) in [5.41, 5.74) is 8.39. The molecule has 0 radical (unpaired) electrons. The molecular formula is C20H22N2O2S. The SMILES string of the molecule is Cc1ccccc1SCC(=O)N1c2ccccc2[C@@H](C(N)=O)C[C@H]1C. The van der Waals surface area contributed by atoms with Crippen molar-refractivity contribution in [1.29, 1.82) is 0 Å². The molecule has 2 aromatic carbocycles. The number of primary amides is 1. The van der Waals surface area contributed by atoms with Crippen LogP contribution in [0.2, 0.25) is 0 Å². The highest BCUT2D eigenvalue weighted by Crippen LogP contribution is 2.38. The van der Waals surface area contributed by atoms with E-state index in [0.717, 1.165) is 16.1 Å². The molecule has 0 spiro atoms. The maximum atomic E-state index is 12.9. The van der Waals surface area contributed by atoms with Crippen molar-refractivity contribution in [3.63, 3.8) is 0 Å². The van der Waals surface area contributed by atoms with Crippen LogP contribution < -0.4 is 10.6 Å². The van der Waals surface area contributed by atoms with Gasteiger partial charge in [-0.2, -0.15) is 0 Å². The Morgan fingerprint density at radius 2 is 1.84 bits per heavy atom. The fourth-order valence-corrected chi connectivity index (χ4v) is 4.28. The van der Waals surface area contributed by atoms with E-state index in [1.807, 2.05) is 67.3 Å². The first-order valence-corrected chi connectivity index (χ1v) is 9.36. The molecule has 0 bridgehead atoms. The van der Waals surface area contributed by atoms with Crippen molar-refractivity contribution >= 4 is 29.3 Å². The third-order valence-corrected chi connectivity index (χ3v) is 5.81. The van der Waals surface area contributed by atoms with Crippen LogP contribution in [0.1, 0.15) is 30.4 Å². The molecule has 0 aliphatic carbocycles. The van der Waals surface area contributed by atoms with Crippen LogP contribution in [0, 0.1) is 6.92 Å². The number of nitrogens with two attached hydrogens (primary N) is 1. The Hall–Kier alpha value is -2.27. The quantitative estimate of drug-likeness (QED) is 0.855. The Balaban J connectivity index is 1.83. The number of benzene rings is 2. The summed E-state index contributed by atoms with van der Waals surface area (Å²) in [6, 6.07) is 15.6. The largest absolute Gasteiger partial charge is 0.369 e. The molecule has 2 aromatic rings. The number of aryl methyl sites for hydroxylation is 1. The van der Waals surface area contributed by atoms with Crippen LogP contribution in [0.5, 0.6) is 0 Å². The molecular weight excluding hydrogens is 332 g/mol. The molecule has 2 amide bonds. The number of rotatable bonds is 4. The lowest BCUT2D eigenvalue weighted by atomic mass is 9.85. The van der Waals surface area contributed by atoms with Gasteiger partial charge in [0, 0.05) is 16.6 Å². The normalized spacial score (nSPS) is 19.4. The summed E-state index contributed by atoms with van der Waals surface area (Å²) in [6.07, 6.45) is 0.563. The van der Waals surface area contributed by atoms with Crippen molar-refractivity contribution < 1.29 is 9.59 Å². The maximum absolute atomic E-state index is 12.9. The molecule has 5 heteroatoms. The van der Waals surface area contributed by atoms with Crippen LogP contribution in [0.3, 0.4) is 0 Å². The molecule has 1 aliphatic heterocycles. The van der Waals surface area contributed by atoms with Crippen LogP contribution in [0.15, 0.2) is 53.4 Å². The minimum absolute atomic E-state index is 0.0520. The summed E-state index contributed by atoms with van der Waals surface area (Å²) in [4.78, 5) is 27.7. The van der Waals surface area contributed by atoms with Gasteiger partial charge in [0.05, 0.1) is 11.7 Å². The Labute approximate surface area is 152 Å². The van der Waals surface area contributed by atoms with Crippen molar-refractivity contribution in [3.8, 4) is 0 Å². The van der Waals surface area contributed by atoms with Crippen LogP contribution in [-0.4, -0.2) is 23.6 Å². The first-order valence-electron chi connectivity index (χ1n) is 8.37. The number of para-hydroxylation sites is 1. The average Bonchev–Trinajstić information content (AvgIpc) is 2.60. The van der Waals surface area contributed by atoms with E-state index >= 15 is 0 Å². The first-order chi connectivity index (χ1) is 12.0. The van der Waals surface area contributed by atoms with Gasteiger partial charge in [0.1, 0.15) is 0 Å². The predicted molar refractivity (Wildman–Crippen MR) is 102 cm³/mol. The van der Waals surface area contributed by atoms with E-state index in [9.17, 15) is 9.59 Å². The highest BCUT2D eigenvalue weighted by molar-refractivity contribution is 8.00. The Morgan fingerprint density at radius 1 is 1.16 bits per heavy atom. The second-order valence-electron chi connectivity index (χ2n) is 6.42. The summed E-state index contributed by atoms with van der Waals surface area (Å²) < 4.78 is 0. The van der Waals surface area contributed by atoms with Gasteiger partial charge in [-0.25, -0.2) is 0 Å². The average molecular weight is 354 g/mol. The molecule has 130 valence electrons. The van der Waals surface area contributed by atoms with E-state index in [0.29, 0.717) is 12.2 Å². The van der Waals surface area contributed by atoms with Gasteiger partial charge < -0.3 is 10.6 Å². The van der Waals surface area contributed by atoms with Crippen LogP contribution in [0.4, 0.5) is 5.69 Å². The van der Waals surface area contributed by atoms with Gasteiger partial charge in [-0.15, -0.1) is 11.8 Å².